The van der Waals surface area contributed by atoms with Crippen molar-refractivity contribution in [3.8, 4) is 11.8 Å². The summed E-state index contributed by atoms with van der Waals surface area (Å²) in [5.74, 6) is 7.04. The second-order valence-corrected chi connectivity index (χ2v) is 6.10. The minimum atomic E-state index is 0.586. The third kappa shape index (κ3) is 3.52. The Kier molecular flexibility index (Phi) is 4.22. The molecule has 4 heteroatoms. The zero-order valence-electron chi connectivity index (χ0n) is 12.5. The molecule has 0 bridgehead atoms. The molecule has 3 rings (SSSR count). The number of halogens is 1. The minimum absolute atomic E-state index is 0.586. The predicted molar refractivity (Wildman–Crippen MR) is 92.0 cm³/mol. The van der Waals surface area contributed by atoms with Gasteiger partial charge in [0.1, 0.15) is 0 Å². The fraction of sp³-hybridized carbons (Fsp3) is 0.278. The topological polar surface area (TPSA) is 50.9 Å². The Hall–Kier alpha value is -2.18. The molecule has 0 radical (unpaired) electrons. The van der Waals surface area contributed by atoms with E-state index in [4.69, 9.17) is 17.3 Å². The zero-order valence-corrected chi connectivity index (χ0v) is 13.2. The fourth-order valence-electron chi connectivity index (χ4n) is 2.21. The van der Waals surface area contributed by atoms with Crippen molar-refractivity contribution in [2.24, 2.45) is 5.92 Å². The van der Waals surface area contributed by atoms with E-state index >= 15 is 0 Å². The molecule has 0 amide bonds. The van der Waals surface area contributed by atoms with Crippen molar-refractivity contribution in [3.63, 3.8) is 0 Å². The lowest BCUT2D eigenvalue weighted by Crippen LogP contribution is -2.07. The van der Waals surface area contributed by atoms with Crippen molar-refractivity contribution in [1.82, 2.24) is 4.98 Å². The number of rotatable bonds is 3. The van der Waals surface area contributed by atoms with Crippen LogP contribution in [0.3, 0.4) is 0 Å². The standard InChI is InChI=1S/C18H18ClN3/c1-12-15(5-4-14-8-16(19)11-21-9-14)6-7-17(18(12)20)22-10-13-2-3-13/h6-9,11,13,22H,2-3,10,20H2,1H3. The molecular weight excluding hydrogens is 294 g/mol. The summed E-state index contributed by atoms with van der Waals surface area (Å²) in [6.07, 6.45) is 5.94. The van der Waals surface area contributed by atoms with Crippen LogP contribution in [0.1, 0.15) is 29.5 Å². The number of hydrogen-bond donors (Lipinski definition) is 2. The van der Waals surface area contributed by atoms with Gasteiger partial charge in [-0.15, -0.1) is 0 Å². The third-order valence-corrected chi connectivity index (χ3v) is 4.05. The molecule has 1 heterocycles. The number of nitrogens with one attached hydrogen (secondary N) is 1. The Morgan fingerprint density at radius 3 is 2.86 bits per heavy atom. The highest BCUT2D eigenvalue weighted by Gasteiger charge is 2.21. The molecule has 112 valence electrons. The Labute approximate surface area is 135 Å². The first-order valence-corrected chi connectivity index (χ1v) is 7.77. The van der Waals surface area contributed by atoms with Crippen LogP contribution >= 0.6 is 11.6 Å². The van der Waals surface area contributed by atoms with E-state index in [0.29, 0.717) is 5.02 Å². The average Bonchev–Trinajstić information content (AvgIpc) is 3.32. The maximum Gasteiger partial charge on any atom is 0.0601 e. The van der Waals surface area contributed by atoms with Crippen LogP contribution in [0.15, 0.2) is 30.6 Å². The smallest absolute Gasteiger partial charge is 0.0601 e. The van der Waals surface area contributed by atoms with Gasteiger partial charge in [-0.3, -0.25) is 4.98 Å². The molecule has 0 saturated heterocycles. The number of aromatic nitrogens is 1. The van der Waals surface area contributed by atoms with Crippen molar-refractivity contribution >= 4 is 23.0 Å². The van der Waals surface area contributed by atoms with Crippen LogP contribution in [0, 0.1) is 24.7 Å². The average molecular weight is 312 g/mol. The van der Waals surface area contributed by atoms with Gasteiger partial charge in [-0.05, 0) is 49.4 Å². The zero-order chi connectivity index (χ0) is 15.5. The number of nitrogens with two attached hydrogens (primary N) is 1. The summed E-state index contributed by atoms with van der Waals surface area (Å²) in [7, 11) is 0. The van der Waals surface area contributed by atoms with E-state index in [1.54, 1.807) is 18.5 Å². The van der Waals surface area contributed by atoms with Gasteiger partial charge in [-0.2, -0.15) is 0 Å². The van der Waals surface area contributed by atoms with Crippen LogP contribution in [-0.2, 0) is 0 Å². The molecule has 1 aromatic carbocycles. The van der Waals surface area contributed by atoms with E-state index in [1.165, 1.54) is 12.8 Å². The van der Waals surface area contributed by atoms with E-state index in [9.17, 15) is 0 Å². The highest BCUT2D eigenvalue weighted by molar-refractivity contribution is 6.30. The number of nitrogens with zero attached hydrogens (tertiary/aromatic N) is 1. The van der Waals surface area contributed by atoms with Crippen LogP contribution in [0.2, 0.25) is 5.02 Å². The van der Waals surface area contributed by atoms with Gasteiger partial charge >= 0.3 is 0 Å². The van der Waals surface area contributed by atoms with E-state index in [1.807, 2.05) is 19.1 Å². The molecule has 1 saturated carbocycles. The van der Waals surface area contributed by atoms with Crippen molar-refractivity contribution in [1.29, 1.82) is 0 Å². The lowest BCUT2D eigenvalue weighted by atomic mass is 10.1. The molecule has 3 nitrogen and oxygen atoms in total. The summed E-state index contributed by atoms with van der Waals surface area (Å²) < 4.78 is 0. The van der Waals surface area contributed by atoms with Gasteiger partial charge < -0.3 is 11.1 Å². The molecule has 22 heavy (non-hydrogen) atoms. The second-order valence-electron chi connectivity index (χ2n) is 5.67. The third-order valence-electron chi connectivity index (χ3n) is 3.84. The molecule has 0 atom stereocenters. The molecular formula is C18H18ClN3. The Balaban J connectivity index is 1.81. The quantitative estimate of drug-likeness (QED) is 0.668. The van der Waals surface area contributed by atoms with Crippen LogP contribution in [0.25, 0.3) is 0 Å². The summed E-state index contributed by atoms with van der Waals surface area (Å²) in [5, 5.41) is 4.01. The number of nitrogen functional groups attached to an aromatic ring is 1. The maximum absolute atomic E-state index is 6.22. The molecule has 3 N–H and O–H groups in total. The summed E-state index contributed by atoms with van der Waals surface area (Å²) in [6, 6.07) is 5.81. The SMILES string of the molecule is Cc1c(C#Cc2cncc(Cl)c2)ccc(NCC2CC2)c1N. The normalized spacial score (nSPS) is 13.4. The first-order chi connectivity index (χ1) is 10.6. The fourth-order valence-corrected chi connectivity index (χ4v) is 2.39. The predicted octanol–water partition coefficient (Wildman–Crippen LogP) is 3.85. The molecule has 1 fully saturated rings. The maximum atomic E-state index is 6.22. The lowest BCUT2D eigenvalue weighted by molar-refractivity contribution is 0.889. The van der Waals surface area contributed by atoms with Crippen LogP contribution in [-0.4, -0.2) is 11.5 Å². The molecule has 0 spiro atoms. The summed E-state index contributed by atoms with van der Waals surface area (Å²) >= 11 is 5.91. The summed E-state index contributed by atoms with van der Waals surface area (Å²) in [4.78, 5) is 4.03. The molecule has 2 aromatic rings. The van der Waals surface area contributed by atoms with Crippen molar-refractivity contribution in [3.05, 3.63) is 52.3 Å². The largest absolute Gasteiger partial charge is 0.397 e. The Bertz CT molecular complexity index is 755. The molecule has 1 aliphatic carbocycles. The molecule has 0 aliphatic heterocycles. The number of benzene rings is 1. The van der Waals surface area contributed by atoms with Gasteiger partial charge in [-0.25, -0.2) is 0 Å². The lowest BCUT2D eigenvalue weighted by Gasteiger charge is -2.12. The Morgan fingerprint density at radius 1 is 1.32 bits per heavy atom. The van der Waals surface area contributed by atoms with Gasteiger partial charge in [0.2, 0.25) is 0 Å². The van der Waals surface area contributed by atoms with Gasteiger partial charge in [0.05, 0.1) is 16.4 Å². The molecule has 1 aromatic heterocycles. The van der Waals surface area contributed by atoms with E-state index in [-0.39, 0.29) is 0 Å². The van der Waals surface area contributed by atoms with Crippen LogP contribution in [0.5, 0.6) is 0 Å². The highest BCUT2D eigenvalue weighted by Crippen LogP contribution is 2.31. The van der Waals surface area contributed by atoms with Crippen molar-refractivity contribution < 1.29 is 0 Å². The summed E-state index contributed by atoms with van der Waals surface area (Å²) in [6.45, 7) is 3.00. The number of pyridine rings is 1. The van der Waals surface area contributed by atoms with Gasteiger partial charge in [0, 0.05) is 30.1 Å². The van der Waals surface area contributed by atoms with Gasteiger partial charge in [0.25, 0.3) is 0 Å². The Morgan fingerprint density at radius 2 is 2.14 bits per heavy atom. The van der Waals surface area contributed by atoms with Gasteiger partial charge in [0.15, 0.2) is 0 Å². The van der Waals surface area contributed by atoms with Crippen molar-refractivity contribution in [2.75, 3.05) is 17.6 Å². The van der Waals surface area contributed by atoms with Crippen LogP contribution < -0.4 is 11.1 Å². The molecule has 1 aliphatic rings. The first-order valence-electron chi connectivity index (χ1n) is 7.39. The van der Waals surface area contributed by atoms with Crippen molar-refractivity contribution in [2.45, 2.75) is 19.8 Å². The van der Waals surface area contributed by atoms with Gasteiger partial charge in [-0.1, -0.05) is 23.4 Å². The van der Waals surface area contributed by atoms with E-state index < -0.39 is 0 Å². The van der Waals surface area contributed by atoms with Crippen LogP contribution in [0.4, 0.5) is 11.4 Å². The minimum Gasteiger partial charge on any atom is -0.397 e. The monoisotopic (exact) mass is 311 g/mol. The highest BCUT2D eigenvalue weighted by atomic mass is 35.5. The number of anilines is 2. The summed E-state index contributed by atoms with van der Waals surface area (Å²) in [5.41, 5.74) is 10.7. The van der Waals surface area contributed by atoms with E-state index in [0.717, 1.165) is 40.5 Å². The molecule has 0 unspecified atom stereocenters. The van der Waals surface area contributed by atoms with E-state index in [2.05, 4.69) is 22.1 Å². The second kappa shape index (κ2) is 6.29. The number of hydrogen-bond acceptors (Lipinski definition) is 3. The first kappa shape index (κ1) is 14.7.